The number of ether oxygens (including phenoxy) is 2. The first-order valence-electron chi connectivity index (χ1n) is 9.99. The van der Waals surface area contributed by atoms with Gasteiger partial charge < -0.3 is 20.5 Å². The number of anilines is 1. The van der Waals surface area contributed by atoms with Gasteiger partial charge in [-0.1, -0.05) is 0 Å². The van der Waals surface area contributed by atoms with Crippen molar-refractivity contribution in [2.75, 3.05) is 19.5 Å². The second-order valence-corrected chi connectivity index (χ2v) is 7.09. The zero-order chi connectivity index (χ0) is 24.2. The summed E-state index contributed by atoms with van der Waals surface area (Å²) in [5, 5.41) is 15.1. The van der Waals surface area contributed by atoms with Crippen LogP contribution in [-0.4, -0.2) is 44.8 Å². The van der Waals surface area contributed by atoms with E-state index in [1.165, 1.54) is 44.9 Å². The lowest BCUT2D eigenvalue weighted by molar-refractivity contribution is 0.351. The average Bonchev–Trinajstić information content (AvgIpc) is 3.24. The van der Waals surface area contributed by atoms with Crippen molar-refractivity contribution in [3.63, 3.8) is 0 Å². The van der Waals surface area contributed by atoms with E-state index in [0.29, 0.717) is 17.0 Å². The number of aromatic amines is 1. The van der Waals surface area contributed by atoms with Crippen LogP contribution in [0.2, 0.25) is 0 Å². The molecule has 34 heavy (non-hydrogen) atoms. The standard InChI is InChI=1S/C22H21FN8O3/c1-33-16-9-14(15(23)10-17(16)34-2)19(28-13-5-3-12(4-6-13)20(24)25)21-29-22(32)31(30-21)18-11-26-7-8-27-18/h3-11,19,28H,1-2H3,(H3,24,25)(H,29,30,32). The number of hydrogen-bond acceptors (Lipinski definition) is 8. The third kappa shape index (κ3) is 4.41. The molecule has 2 aromatic carbocycles. The lowest BCUT2D eigenvalue weighted by atomic mass is 10.0. The van der Waals surface area contributed by atoms with Gasteiger partial charge in [0.15, 0.2) is 23.1 Å². The maximum atomic E-state index is 15.2. The van der Waals surface area contributed by atoms with Crippen molar-refractivity contribution in [3.8, 4) is 17.3 Å². The summed E-state index contributed by atoms with van der Waals surface area (Å²) >= 11 is 0. The highest BCUT2D eigenvalue weighted by Crippen LogP contribution is 2.35. The second-order valence-electron chi connectivity index (χ2n) is 7.09. The molecule has 4 aromatic rings. The van der Waals surface area contributed by atoms with E-state index in [9.17, 15) is 4.79 Å². The molecule has 174 valence electrons. The summed E-state index contributed by atoms with van der Waals surface area (Å²) in [6.07, 6.45) is 4.28. The van der Waals surface area contributed by atoms with Crippen molar-refractivity contribution in [1.82, 2.24) is 24.7 Å². The molecule has 0 aliphatic carbocycles. The molecule has 0 amide bonds. The van der Waals surface area contributed by atoms with E-state index in [4.69, 9.17) is 20.6 Å². The van der Waals surface area contributed by atoms with Crippen molar-refractivity contribution < 1.29 is 13.9 Å². The number of hydrogen-bond donors (Lipinski definition) is 4. The Kier molecular flexibility index (Phi) is 6.21. The molecule has 12 heteroatoms. The minimum atomic E-state index is -0.936. The number of H-pyrrole nitrogens is 1. The number of rotatable bonds is 8. The van der Waals surface area contributed by atoms with Crippen molar-refractivity contribution in [2.24, 2.45) is 5.73 Å². The van der Waals surface area contributed by atoms with Crippen LogP contribution in [-0.2, 0) is 0 Å². The lowest BCUT2D eigenvalue weighted by Gasteiger charge is -2.20. The van der Waals surface area contributed by atoms with Crippen LogP contribution in [0.3, 0.4) is 0 Å². The van der Waals surface area contributed by atoms with E-state index in [0.717, 1.165) is 4.68 Å². The Bertz CT molecular complexity index is 1370. The molecule has 0 aliphatic heterocycles. The molecule has 0 saturated heterocycles. The molecular weight excluding hydrogens is 443 g/mol. The minimum absolute atomic E-state index is 0.0823. The van der Waals surface area contributed by atoms with Gasteiger partial charge in [-0.2, -0.15) is 4.68 Å². The summed E-state index contributed by atoms with van der Waals surface area (Å²) in [6, 6.07) is 8.38. The lowest BCUT2D eigenvalue weighted by Crippen LogP contribution is -2.17. The summed E-state index contributed by atoms with van der Waals surface area (Å²) in [5.41, 5.74) is 6.19. The number of methoxy groups -OCH3 is 2. The zero-order valence-electron chi connectivity index (χ0n) is 18.2. The molecule has 4 rings (SSSR count). The summed E-state index contributed by atoms with van der Waals surface area (Å²) < 4.78 is 26.8. The Morgan fingerprint density at radius 3 is 2.50 bits per heavy atom. The van der Waals surface area contributed by atoms with Gasteiger partial charge in [0.2, 0.25) is 0 Å². The molecule has 1 unspecified atom stereocenters. The minimum Gasteiger partial charge on any atom is -0.493 e. The van der Waals surface area contributed by atoms with E-state index in [1.807, 2.05) is 0 Å². The maximum absolute atomic E-state index is 15.2. The number of nitrogens with one attached hydrogen (secondary N) is 3. The van der Waals surface area contributed by atoms with Crippen LogP contribution in [0.1, 0.15) is 23.0 Å². The third-order valence-corrected chi connectivity index (χ3v) is 5.00. The van der Waals surface area contributed by atoms with E-state index in [-0.39, 0.29) is 28.8 Å². The van der Waals surface area contributed by atoms with Gasteiger partial charge in [0.1, 0.15) is 17.7 Å². The molecule has 0 aliphatic rings. The highest BCUT2D eigenvalue weighted by molar-refractivity contribution is 5.95. The van der Waals surface area contributed by atoms with Crippen LogP contribution >= 0.6 is 0 Å². The average molecular weight is 464 g/mol. The topological polar surface area (TPSA) is 157 Å². The normalized spacial score (nSPS) is 11.6. The molecule has 0 radical (unpaired) electrons. The van der Waals surface area contributed by atoms with Gasteiger partial charge in [-0.05, 0) is 30.3 Å². The zero-order valence-corrected chi connectivity index (χ0v) is 18.2. The number of nitrogens with two attached hydrogens (primary N) is 1. The molecule has 11 nitrogen and oxygen atoms in total. The third-order valence-electron chi connectivity index (χ3n) is 5.00. The first-order valence-corrected chi connectivity index (χ1v) is 9.99. The SMILES string of the molecule is COc1cc(F)c(C(Nc2ccc(C(=N)N)cc2)c2nn(-c3cnccn3)c(=O)[nH]2)cc1OC. The van der Waals surface area contributed by atoms with Gasteiger partial charge >= 0.3 is 5.69 Å². The fraction of sp³-hybridized carbons (Fsp3) is 0.136. The van der Waals surface area contributed by atoms with Gasteiger partial charge in [0.05, 0.1) is 20.4 Å². The van der Waals surface area contributed by atoms with Crippen LogP contribution < -0.4 is 26.2 Å². The molecule has 1 atom stereocenters. The quantitative estimate of drug-likeness (QED) is 0.228. The maximum Gasteiger partial charge on any atom is 0.349 e. The van der Waals surface area contributed by atoms with Crippen molar-refractivity contribution >= 4 is 11.5 Å². The smallest absolute Gasteiger partial charge is 0.349 e. The number of amidine groups is 1. The van der Waals surface area contributed by atoms with Gasteiger partial charge in [0, 0.05) is 35.3 Å². The Balaban J connectivity index is 1.82. The van der Waals surface area contributed by atoms with Gasteiger partial charge in [-0.15, -0.1) is 5.10 Å². The summed E-state index contributed by atoms with van der Waals surface area (Å²) in [4.78, 5) is 23.3. The molecule has 0 saturated carbocycles. The van der Waals surface area contributed by atoms with E-state index < -0.39 is 17.5 Å². The van der Waals surface area contributed by atoms with Crippen LogP contribution in [0.25, 0.3) is 5.82 Å². The number of benzene rings is 2. The van der Waals surface area contributed by atoms with Crippen LogP contribution in [0.5, 0.6) is 11.5 Å². The monoisotopic (exact) mass is 464 g/mol. The van der Waals surface area contributed by atoms with Crippen molar-refractivity contribution in [2.45, 2.75) is 6.04 Å². The van der Waals surface area contributed by atoms with Crippen molar-refractivity contribution in [1.29, 1.82) is 5.41 Å². The summed E-state index contributed by atoms with van der Waals surface area (Å²) in [5.74, 6) is 0.150. The van der Waals surface area contributed by atoms with E-state index in [1.54, 1.807) is 24.3 Å². The predicted molar refractivity (Wildman–Crippen MR) is 122 cm³/mol. The molecule has 0 bridgehead atoms. The first-order chi connectivity index (χ1) is 16.4. The molecule has 2 heterocycles. The van der Waals surface area contributed by atoms with E-state index in [2.05, 4.69) is 25.4 Å². The summed E-state index contributed by atoms with van der Waals surface area (Å²) in [6.45, 7) is 0. The van der Waals surface area contributed by atoms with Crippen LogP contribution in [0.4, 0.5) is 10.1 Å². The molecule has 0 spiro atoms. The number of nitrogen functional groups attached to an aromatic ring is 1. The largest absolute Gasteiger partial charge is 0.493 e. The highest BCUT2D eigenvalue weighted by atomic mass is 19.1. The van der Waals surface area contributed by atoms with E-state index >= 15 is 4.39 Å². The molecule has 0 fully saturated rings. The number of nitrogens with zero attached hydrogens (tertiary/aromatic N) is 4. The van der Waals surface area contributed by atoms with Gasteiger partial charge in [-0.3, -0.25) is 15.4 Å². The Morgan fingerprint density at radius 1 is 1.18 bits per heavy atom. The molecule has 2 aromatic heterocycles. The fourth-order valence-electron chi connectivity index (χ4n) is 3.32. The predicted octanol–water partition coefficient (Wildman–Crippen LogP) is 1.99. The molecule has 5 N–H and O–H groups in total. The number of aromatic nitrogens is 5. The van der Waals surface area contributed by atoms with Gasteiger partial charge in [-0.25, -0.2) is 14.2 Å². The fourth-order valence-corrected chi connectivity index (χ4v) is 3.32. The number of halogens is 1. The van der Waals surface area contributed by atoms with Gasteiger partial charge in [0.25, 0.3) is 0 Å². The second kappa shape index (κ2) is 9.40. The van der Waals surface area contributed by atoms with Crippen LogP contribution in [0, 0.1) is 11.2 Å². The Hall–Kier alpha value is -4.74. The Morgan fingerprint density at radius 2 is 1.88 bits per heavy atom. The Labute approximate surface area is 192 Å². The summed E-state index contributed by atoms with van der Waals surface area (Å²) in [7, 11) is 2.84. The first kappa shape index (κ1) is 22.5. The highest BCUT2D eigenvalue weighted by Gasteiger charge is 2.25. The van der Waals surface area contributed by atoms with Crippen LogP contribution in [0.15, 0.2) is 59.8 Å². The van der Waals surface area contributed by atoms with Crippen molar-refractivity contribution in [3.05, 3.63) is 88.2 Å². The molecular formula is C22H21FN8O3.